The Bertz CT molecular complexity index is 267. The molecule has 0 aromatic rings. The Morgan fingerprint density at radius 2 is 1.37 bits per heavy atom. The topological polar surface area (TPSA) is 38.7 Å². The lowest BCUT2D eigenvalue weighted by molar-refractivity contribution is 0.0133. The molecule has 1 saturated carbocycles. The van der Waals surface area contributed by atoms with Gasteiger partial charge >= 0.3 is 0 Å². The monoisotopic (exact) mass is 267 g/mol. The summed E-state index contributed by atoms with van der Waals surface area (Å²) in [7, 11) is 0. The summed E-state index contributed by atoms with van der Waals surface area (Å²) in [5.74, 6) is 1.69. The van der Waals surface area contributed by atoms with Crippen molar-refractivity contribution in [2.45, 2.75) is 31.8 Å². The molecule has 4 heteroatoms. The third-order valence-corrected chi connectivity index (χ3v) is 5.17. The smallest absolute Gasteiger partial charge is 0.0546 e. The van der Waals surface area contributed by atoms with Gasteiger partial charge in [0, 0.05) is 39.3 Å². The van der Waals surface area contributed by atoms with Gasteiger partial charge in [0.2, 0.25) is 0 Å². The maximum atomic E-state index is 9.34. The van der Waals surface area contributed by atoms with Gasteiger partial charge in [-0.2, -0.15) is 0 Å². The number of aliphatic hydroxyl groups excluding tert-OH is 1. The molecule has 0 unspecified atom stereocenters. The first-order valence-corrected chi connectivity index (χ1v) is 8.13. The average Bonchev–Trinajstić information content (AvgIpc) is 2.40. The molecule has 2 aliphatic heterocycles. The van der Waals surface area contributed by atoms with E-state index in [0.717, 1.165) is 24.7 Å². The zero-order valence-corrected chi connectivity index (χ0v) is 12.1. The molecule has 1 aliphatic carbocycles. The van der Waals surface area contributed by atoms with E-state index in [1.54, 1.807) is 0 Å². The fourth-order valence-corrected chi connectivity index (χ4v) is 3.80. The number of hydrogen-bond donors (Lipinski definition) is 2. The lowest BCUT2D eigenvalue weighted by atomic mass is 9.82. The molecular weight excluding hydrogens is 238 g/mol. The summed E-state index contributed by atoms with van der Waals surface area (Å²) >= 11 is 0. The first-order valence-electron chi connectivity index (χ1n) is 8.13. The number of aliphatic hydroxyl groups is 1. The summed E-state index contributed by atoms with van der Waals surface area (Å²) in [5, 5.41) is 12.8. The van der Waals surface area contributed by atoms with Gasteiger partial charge < -0.3 is 20.2 Å². The maximum absolute atomic E-state index is 9.34. The van der Waals surface area contributed by atoms with E-state index in [9.17, 15) is 5.11 Å². The summed E-state index contributed by atoms with van der Waals surface area (Å²) in [6.45, 7) is 9.94. The molecular formula is C15H29N3O. The zero-order chi connectivity index (χ0) is 13.1. The minimum absolute atomic E-state index is 0.00574. The van der Waals surface area contributed by atoms with E-state index < -0.39 is 0 Å². The SMILES string of the molecule is OC1CC(CN2CCN(CC3CCNCC3)CC2)C1. The third-order valence-electron chi connectivity index (χ3n) is 5.17. The highest BCUT2D eigenvalue weighted by Gasteiger charge is 2.30. The van der Waals surface area contributed by atoms with Crippen LogP contribution in [0.25, 0.3) is 0 Å². The van der Waals surface area contributed by atoms with Crippen molar-refractivity contribution in [3.63, 3.8) is 0 Å². The zero-order valence-electron chi connectivity index (χ0n) is 12.1. The van der Waals surface area contributed by atoms with Crippen LogP contribution in [-0.2, 0) is 0 Å². The molecule has 4 nitrogen and oxygen atoms in total. The molecule has 3 rings (SSSR count). The van der Waals surface area contributed by atoms with E-state index >= 15 is 0 Å². The van der Waals surface area contributed by atoms with Crippen LogP contribution in [0.15, 0.2) is 0 Å². The second-order valence-electron chi connectivity index (χ2n) is 6.79. The van der Waals surface area contributed by atoms with Crippen LogP contribution in [0.3, 0.4) is 0 Å². The highest BCUT2D eigenvalue weighted by Crippen LogP contribution is 2.28. The second kappa shape index (κ2) is 6.53. The predicted octanol–water partition coefficient (Wildman–Crippen LogP) is 0.375. The first-order chi connectivity index (χ1) is 9.29. The van der Waals surface area contributed by atoms with E-state index in [-0.39, 0.29) is 6.10 Å². The third kappa shape index (κ3) is 3.91. The summed E-state index contributed by atoms with van der Waals surface area (Å²) in [6, 6.07) is 0. The van der Waals surface area contributed by atoms with Crippen molar-refractivity contribution in [3.8, 4) is 0 Å². The van der Waals surface area contributed by atoms with Gasteiger partial charge in [-0.05, 0) is 50.6 Å². The van der Waals surface area contributed by atoms with Gasteiger partial charge in [0.25, 0.3) is 0 Å². The molecule has 0 aromatic heterocycles. The first kappa shape index (κ1) is 13.8. The number of rotatable bonds is 4. The van der Waals surface area contributed by atoms with Crippen LogP contribution >= 0.6 is 0 Å². The summed E-state index contributed by atoms with van der Waals surface area (Å²) in [4.78, 5) is 5.28. The molecule has 0 aromatic carbocycles. The fraction of sp³-hybridized carbons (Fsp3) is 1.00. The Balaban J connectivity index is 1.32. The normalized spacial score (nSPS) is 35.2. The highest BCUT2D eigenvalue weighted by atomic mass is 16.3. The van der Waals surface area contributed by atoms with Crippen molar-refractivity contribution in [3.05, 3.63) is 0 Å². The van der Waals surface area contributed by atoms with E-state index in [2.05, 4.69) is 15.1 Å². The van der Waals surface area contributed by atoms with Crippen molar-refractivity contribution in [2.24, 2.45) is 11.8 Å². The van der Waals surface area contributed by atoms with E-state index in [4.69, 9.17) is 0 Å². The van der Waals surface area contributed by atoms with Gasteiger partial charge in [0.1, 0.15) is 0 Å². The van der Waals surface area contributed by atoms with Crippen molar-refractivity contribution >= 4 is 0 Å². The number of piperidine rings is 1. The highest BCUT2D eigenvalue weighted by molar-refractivity contribution is 4.83. The summed E-state index contributed by atoms with van der Waals surface area (Å²) in [6.07, 6.45) is 4.80. The largest absolute Gasteiger partial charge is 0.393 e. The van der Waals surface area contributed by atoms with Gasteiger partial charge in [-0.3, -0.25) is 0 Å². The Hall–Kier alpha value is -0.160. The molecule has 110 valence electrons. The van der Waals surface area contributed by atoms with Crippen molar-refractivity contribution in [1.82, 2.24) is 15.1 Å². The molecule has 0 spiro atoms. The molecule has 2 saturated heterocycles. The van der Waals surface area contributed by atoms with Crippen molar-refractivity contribution in [1.29, 1.82) is 0 Å². The number of nitrogens with one attached hydrogen (secondary N) is 1. The van der Waals surface area contributed by atoms with Gasteiger partial charge in [-0.25, -0.2) is 0 Å². The number of nitrogens with zero attached hydrogens (tertiary/aromatic N) is 2. The van der Waals surface area contributed by atoms with Crippen LogP contribution in [0.2, 0.25) is 0 Å². The quantitative estimate of drug-likeness (QED) is 0.772. The van der Waals surface area contributed by atoms with Crippen molar-refractivity contribution < 1.29 is 5.11 Å². The summed E-state index contributed by atoms with van der Waals surface area (Å²) < 4.78 is 0. The van der Waals surface area contributed by atoms with Gasteiger partial charge in [-0.1, -0.05) is 0 Å². The molecule has 3 aliphatic rings. The molecule has 2 heterocycles. The summed E-state index contributed by atoms with van der Waals surface area (Å²) in [5.41, 5.74) is 0. The Labute approximate surface area is 117 Å². The Kier molecular flexibility index (Phi) is 4.74. The van der Waals surface area contributed by atoms with E-state index in [0.29, 0.717) is 0 Å². The predicted molar refractivity (Wildman–Crippen MR) is 77.2 cm³/mol. The molecule has 19 heavy (non-hydrogen) atoms. The van der Waals surface area contributed by atoms with Crippen molar-refractivity contribution in [2.75, 3.05) is 52.4 Å². The Morgan fingerprint density at radius 1 is 0.842 bits per heavy atom. The number of piperazine rings is 1. The standard InChI is InChI=1S/C15H29N3O/c19-15-9-14(10-15)12-18-7-5-17(6-8-18)11-13-1-3-16-4-2-13/h13-16,19H,1-12H2. The minimum atomic E-state index is 0.00574. The molecule has 0 atom stereocenters. The van der Waals surface area contributed by atoms with Crippen LogP contribution in [0.4, 0.5) is 0 Å². The van der Waals surface area contributed by atoms with Crippen LogP contribution in [0, 0.1) is 11.8 Å². The van der Waals surface area contributed by atoms with E-state index in [1.807, 2.05) is 0 Å². The van der Waals surface area contributed by atoms with Crippen LogP contribution < -0.4 is 5.32 Å². The van der Waals surface area contributed by atoms with E-state index in [1.165, 1.54) is 65.2 Å². The van der Waals surface area contributed by atoms with Crippen LogP contribution in [0.1, 0.15) is 25.7 Å². The number of hydrogen-bond acceptors (Lipinski definition) is 4. The Morgan fingerprint density at radius 3 is 1.89 bits per heavy atom. The van der Waals surface area contributed by atoms with Crippen LogP contribution in [0.5, 0.6) is 0 Å². The second-order valence-corrected chi connectivity index (χ2v) is 6.79. The van der Waals surface area contributed by atoms with Gasteiger partial charge in [0.15, 0.2) is 0 Å². The lowest BCUT2D eigenvalue weighted by Crippen LogP contribution is -2.50. The minimum Gasteiger partial charge on any atom is -0.393 e. The molecule has 2 N–H and O–H groups in total. The van der Waals surface area contributed by atoms with Crippen LogP contribution in [-0.4, -0.2) is 73.4 Å². The van der Waals surface area contributed by atoms with Gasteiger partial charge in [0.05, 0.1) is 6.10 Å². The molecule has 0 radical (unpaired) electrons. The fourth-order valence-electron chi connectivity index (χ4n) is 3.80. The lowest BCUT2D eigenvalue weighted by Gasteiger charge is -2.41. The average molecular weight is 267 g/mol. The molecule has 0 bridgehead atoms. The van der Waals surface area contributed by atoms with Gasteiger partial charge in [-0.15, -0.1) is 0 Å². The maximum Gasteiger partial charge on any atom is 0.0546 e. The molecule has 3 fully saturated rings. The molecule has 0 amide bonds.